The quantitative estimate of drug-likeness (QED) is 0.145. The molecule has 176 valence electrons. The Labute approximate surface area is 198 Å². The highest BCUT2D eigenvalue weighted by Gasteiger charge is 2.22. The van der Waals surface area contributed by atoms with E-state index in [-0.39, 0.29) is 35.8 Å². The molecule has 1 heterocycles. The molecule has 2 amide bonds. The largest absolute Gasteiger partial charge is 0.444 e. The van der Waals surface area contributed by atoms with Crippen LogP contribution in [0.1, 0.15) is 53.4 Å². The van der Waals surface area contributed by atoms with Gasteiger partial charge >= 0.3 is 6.09 Å². The number of guanidine groups is 1. The molecule has 1 rings (SSSR count). The highest BCUT2D eigenvalue weighted by atomic mass is 127. The van der Waals surface area contributed by atoms with Crippen molar-refractivity contribution in [2.45, 2.75) is 59.0 Å². The minimum absolute atomic E-state index is 0. The summed E-state index contributed by atoms with van der Waals surface area (Å²) < 4.78 is 5.20. The molecule has 0 aliphatic carbocycles. The molecule has 0 spiro atoms. The van der Waals surface area contributed by atoms with Gasteiger partial charge in [0.2, 0.25) is 5.91 Å². The van der Waals surface area contributed by atoms with Gasteiger partial charge in [0.05, 0.1) is 0 Å². The molecule has 0 aromatic heterocycles. The molecule has 0 radical (unpaired) electrons. The van der Waals surface area contributed by atoms with Crippen LogP contribution in [-0.2, 0) is 9.53 Å². The van der Waals surface area contributed by atoms with E-state index in [0.717, 1.165) is 64.4 Å². The van der Waals surface area contributed by atoms with Crippen molar-refractivity contribution < 1.29 is 14.3 Å². The molecule has 10 heteroatoms. The predicted octanol–water partition coefficient (Wildman–Crippen LogP) is 1.66. The Morgan fingerprint density at radius 2 is 1.73 bits per heavy atom. The number of unbranched alkanes of at least 4 members (excludes halogenated alkanes) is 1. The van der Waals surface area contributed by atoms with E-state index in [2.05, 4.69) is 25.8 Å². The Morgan fingerprint density at radius 1 is 1.10 bits per heavy atom. The number of rotatable bonds is 10. The van der Waals surface area contributed by atoms with Crippen LogP contribution in [-0.4, -0.2) is 74.3 Å². The van der Waals surface area contributed by atoms with E-state index in [1.165, 1.54) is 0 Å². The molecule has 1 aliphatic heterocycles. The van der Waals surface area contributed by atoms with Crippen LogP contribution in [0, 0.1) is 5.92 Å². The van der Waals surface area contributed by atoms with Gasteiger partial charge in [0.15, 0.2) is 5.96 Å². The number of ether oxygens (including phenoxy) is 1. The maximum atomic E-state index is 11.6. The minimum Gasteiger partial charge on any atom is -0.444 e. The van der Waals surface area contributed by atoms with Crippen molar-refractivity contribution in [3.05, 3.63) is 0 Å². The number of piperidine rings is 1. The van der Waals surface area contributed by atoms with E-state index in [1.807, 2.05) is 27.7 Å². The fourth-order valence-electron chi connectivity index (χ4n) is 3.08. The van der Waals surface area contributed by atoms with Gasteiger partial charge in [-0.2, -0.15) is 0 Å². The third-order valence-corrected chi connectivity index (χ3v) is 4.57. The molecule has 0 atom stereocenters. The van der Waals surface area contributed by atoms with Crippen LogP contribution < -0.4 is 21.7 Å². The first-order valence-electron chi connectivity index (χ1n) is 10.7. The van der Waals surface area contributed by atoms with E-state index in [4.69, 9.17) is 10.5 Å². The Morgan fingerprint density at radius 3 is 2.30 bits per heavy atom. The maximum Gasteiger partial charge on any atom is 0.407 e. The van der Waals surface area contributed by atoms with Gasteiger partial charge < -0.3 is 31.3 Å². The van der Waals surface area contributed by atoms with Crippen LogP contribution in [0.15, 0.2) is 4.99 Å². The van der Waals surface area contributed by atoms with Gasteiger partial charge in [-0.05, 0) is 73.0 Å². The summed E-state index contributed by atoms with van der Waals surface area (Å²) in [6.45, 7) is 13.0. The molecule has 30 heavy (non-hydrogen) atoms. The summed E-state index contributed by atoms with van der Waals surface area (Å²) in [6, 6.07) is 0. The van der Waals surface area contributed by atoms with Crippen molar-refractivity contribution in [2.75, 3.05) is 45.8 Å². The van der Waals surface area contributed by atoms with Gasteiger partial charge in [-0.25, -0.2) is 4.79 Å². The molecule has 0 bridgehead atoms. The van der Waals surface area contributed by atoms with Crippen molar-refractivity contribution in [1.82, 2.24) is 20.9 Å². The zero-order valence-electron chi connectivity index (χ0n) is 19.0. The van der Waals surface area contributed by atoms with Crippen molar-refractivity contribution >= 4 is 41.9 Å². The molecular formula is C20H41IN6O3. The Hall–Kier alpha value is -1.30. The molecule has 9 nitrogen and oxygen atoms in total. The molecule has 1 fully saturated rings. The van der Waals surface area contributed by atoms with Gasteiger partial charge in [0.1, 0.15) is 5.60 Å². The number of hydrogen-bond acceptors (Lipinski definition) is 5. The van der Waals surface area contributed by atoms with E-state index in [0.29, 0.717) is 13.1 Å². The van der Waals surface area contributed by atoms with Crippen LogP contribution in [0.25, 0.3) is 0 Å². The third kappa shape index (κ3) is 13.8. The van der Waals surface area contributed by atoms with Gasteiger partial charge in [-0.3, -0.25) is 9.79 Å². The zero-order chi connectivity index (χ0) is 21.7. The Bertz CT molecular complexity index is 531. The molecule has 1 saturated heterocycles. The summed E-state index contributed by atoms with van der Waals surface area (Å²) in [5.41, 5.74) is 4.88. The summed E-state index contributed by atoms with van der Waals surface area (Å²) in [4.78, 5) is 29.8. The molecule has 1 aliphatic rings. The average molecular weight is 540 g/mol. The second-order valence-electron chi connectivity index (χ2n) is 8.34. The van der Waals surface area contributed by atoms with Crippen molar-refractivity contribution in [3.63, 3.8) is 0 Å². The number of hydrogen-bond donors (Lipinski definition) is 4. The monoisotopic (exact) mass is 540 g/mol. The highest BCUT2D eigenvalue weighted by molar-refractivity contribution is 14.0. The van der Waals surface area contributed by atoms with Crippen LogP contribution in [0.5, 0.6) is 0 Å². The lowest BCUT2D eigenvalue weighted by molar-refractivity contribution is -0.123. The van der Waals surface area contributed by atoms with E-state index >= 15 is 0 Å². The summed E-state index contributed by atoms with van der Waals surface area (Å²) in [5.74, 6) is 0.638. The number of alkyl carbamates (subject to hydrolysis) is 1. The number of amides is 2. The average Bonchev–Trinajstić information content (AvgIpc) is 2.63. The number of primary amides is 1. The second-order valence-corrected chi connectivity index (χ2v) is 8.34. The van der Waals surface area contributed by atoms with E-state index < -0.39 is 11.7 Å². The first-order chi connectivity index (χ1) is 13.7. The summed E-state index contributed by atoms with van der Waals surface area (Å²) in [5, 5.41) is 9.13. The second kappa shape index (κ2) is 15.5. The molecular weight excluding hydrogens is 499 g/mol. The highest BCUT2D eigenvalue weighted by Crippen LogP contribution is 2.16. The van der Waals surface area contributed by atoms with E-state index in [1.54, 1.807) is 0 Å². The molecule has 5 N–H and O–H groups in total. The number of nitrogens with one attached hydrogen (secondary N) is 3. The van der Waals surface area contributed by atoms with Crippen LogP contribution in [0.4, 0.5) is 4.79 Å². The van der Waals surface area contributed by atoms with E-state index in [9.17, 15) is 9.59 Å². The summed E-state index contributed by atoms with van der Waals surface area (Å²) in [6.07, 6.45) is 3.41. The van der Waals surface area contributed by atoms with Gasteiger partial charge in [-0.1, -0.05) is 0 Å². The van der Waals surface area contributed by atoms with Crippen molar-refractivity contribution in [3.8, 4) is 0 Å². The molecule has 0 saturated carbocycles. The summed E-state index contributed by atoms with van der Waals surface area (Å²) >= 11 is 0. The standard InChI is InChI=1S/C20H40N6O3.HI/c1-5-22-18(24-11-12-25-19(28)29-20(2,3)4)23-10-6-7-13-26-14-8-16(9-15-26)17(21)27;/h16H,5-15H2,1-4H3,(H2,21,27)(H,25,28)(H2,22,23,24);1H. The number of nitrogens with zero attached hydrogens (tertiary/aromatic N) is 2. The number of halogens is 1. The lowest BCUT2D eigenvalue weighted by atomic mass is 9.96. The minimum atomic E-state index is -0.494. The number of aliphatic imine (C=N–C) groups is 1. The maximum absolute atomic E-state index is 11.6. The van der Waals surface area contributed by atoms with Gasteiger partial charge in [0.25, 0.3) is 0 Å². The van der Waals surface area contributed by atoms with Crippen LogP contribution in [0.2, 0.25) is 0 Å². The molecule has 0 unspecified atom stereocenters. The van der Waals surface area contributed by atoms with Crippen molar-refractivity contribution in [1.29, 1.82) is 0 Å². The zero-order valence-corrected chi connectivity index (χ0v) is 21.3. The number of likely N-dealkylation sites (tertiary alicyclic amines) is 1. The van der Waals surface area contributed by atoms with Crippen LogP contribution >= 0.6 is 24.0 Å². The number of carbonyl (C=O) groups excluding carboxylic acids is 2. The Kier molecular flexibility index (Phi) is 14.8. The number of nitrogens with two attached hydrogens (primary N) is 1. The smallest absolute Gasteiger partial charge is 0.407 e. The fraction of sp³-hybridized carbons (Fsp3) is 0.850. The first-order valence-corrected chi connectivity index (χ1v) is 10.7. The predicted molar refractivity (Wildman–Crippen MR) is 131 cm³/mol. The topological polar surface area (TPSA) is 121 Å². The van der Waals surface area contributed by atoms with Crippen molar-refractivity contribution in [2.24, 2.45) is 16.6 Å². The molecule has 0 aromatic carbocycles. The SMILES string of the molecule is CCNC(=NCCCCN1CCC(C(N)=O)CC1)NCCNC(=O)OC(C)(C)C.I. The summed E-state index contributed by atoms with van der Waals surface area (Å²) in [7, 11) is 0. The van der Waals surface area contributed by atoms with Crippen LogP contribution in [0.3, 0.4) is 0 Å². The molecule has 0 aromatic rings. The lowest BCUT2D eigenvalue weighted by Gasteiger charge is -2.30. The normalized spacial score (nSPS) is 15.8. The lowest BCUT2D eigenvalue weighted by Crippen LogP contribution is -2.42. The number of carbonyl (C=O) groups is 2. The van der Waals surface area contributed by atoms with Gasteiger partial charge in [-0.15, -0.1) is 24.0 Å². The third-order valence-electron chi connectivity index (χ3n) is 4.57. The fourth-order valence-corrected chi connectivity index (χ4v) is 3.08. The Balaban J connectivity index is 0.00000841. The first kappa shape index (κ1) is 28.7. The van der Waals surface area contributed by atoms with Gasteiger partial charge in [0, 0.05) is 32.1 Å².